The minimum absolute atomic E-state index is 0.0349. The molecule has 24 heavy (non-hydrogen) atoms. The standard InChI is InChI=1S/C15H22O7S2/c1-8(16)19-7-11-12(15-23-5-4-6-24-15)13(20-9(2)17)14(22-11)21-10(3)18/h11-15H,4-7H2,1-3H3/t11-,12-,13-,14+/m1/s1. The van der Waals surface area contributed by atoms with Gasteiger partial charge in [-0.2, -0.15) is 0 Å². The lowest BCUT2D eigenvalue weighted by molar-refractivity contribution is -0.196. The van der Waals surface area contributed by atoms with E-state index in [0.717, 1.165) is 17.9 Å². The van der Waals surface area contributed by atoms with Gasteiger partial charge in [0, 0.05) is 20.8 Å². The first kappa shape index (κ1) is 19.4. The number of thioether (sulfide) groups is 2. The molecule has 2 saturated heterocycles. The monoisotopic (exact) mass is 378 g/mol. The van der Waals surface area contributed by atoms with E-state index in [1.54, 1.807) is 23.5 Å². The van der Waals surface area contributed by atoms with Crippen LogP contribution in [-0.4, -0.2) is 59.1 Å². The molecular formula is C15H22O7S2. The van der Waals surface area contributed by atoms with Crippen LogP contribution < -0.4 is 0 Å². The second-order valence-corrected chi connectivity index (χ2v) is 8.37. The summed E-state index contributed by atoms with van der Waals surface area (Å²) in [4.78, 5) is 34.0. The van der Waals surface area contributed by atoms with Crippen LogP contribution in [0.5, 0.6) is 0 Å². The highest BCUT2D eigenvalue weighted by atomic mass is 32.2. The number of ether oxygens (including phenoxy) is 4. The molecule has 0 radical (unpaired) electrons. The Morgan fingerprint density at radius 1 is 1.00 bits per heavy atom. The van der Waals surface area contributed by atoms with E-state index in [1.165, 1.54) is 20.8 Å². The van der Waals surface area contributed by atoms with Crippen LogP contribution in [0.4, 0.5) is 0 Å². The van der Waals surface area contributed by atoms with Crippen molar-refractivity contribution in [2.45, 2.75) is 50.3 Å². The van der Waals surface area contributed by atoms with Crippen molar-refractivity contribution in [3.8, 4) is 0 Å². The van der Waals surface area contributed by atoms with Crippen molar-refractivity contribution in [3.05, 3.63) is 0 Å². The summed E-state index contributed by atoms with van der Waals surface area (Å²) < 4.78 is 21.6. The first-order valence-electron chi connectivity index (χ1n) is 7.75. The Hall–Kier alpha value is -0.930. The molecule has 4 atom stereocenters. The van der Waals surface area contributed by atoms with Crippen molar-refractivity contribution in [1.82, 2.24) is 0 Å². The first-order valence-corrected chi connectivity index (χ1v) is 9.84. The lowest BCUT2D eigenvalue weighted by Gasteiger charge is -2.32. The van der Waals surface area contributed by atoms with Crippen molar-refractivity contribution < 1.29 is 33.3 Å². The average Bonchev–Trinajstić information content (AvgIpc) is 2.82. The largest absolute Gasteiger partial charge is 0.463 e. The molecule has 0 unspecified atom stereocenters. The third kappa shape index (κ3) is 5.29. The Balaban J connectivity index is 2.20. The summed E-state index contributed by atoms with van der Waals surface area (Å²) in [5, 5.41) is 0. The van der Waals surface area contributed by atoms with E-state index in [0.29, 0.717) is 0 Å². The third-order valence-corrected chi connectivity index (χ3v) is 6.74. The summed E-state index contributed by atoms with van der Waals surface area (Å²) in [6.07, 6.45) is -1.08. The van der Waals surface area contributed by atoms with Crippen LogP contribution in [0.3, 0.4) is 0 Å². The van der Waals surface area contributed by atoms with Crippen LogP contribution in [0, 0.1) is 5.92 Å². The molecule has 0 aromatic rings. The molecule has 0 amide bonds. The molecule has 0 aliphatic carbocycles. The van der Waals surface area contributed by atoms with Gasteiger partial charge in [0.25, 0.3) is 0 Å². The van der Waals surface area contributed by atoms with Crippen LogP contribution in [0.1, 0.15) is 27.2 Å². The molecule has 2 heterocycles. The lowest BCUT2D eigenvalue weighted by Crippen LogP contribution is -2.40. The SMILES string of the molecule is CC(=O)OC[C@H]1O[C@H](OC(C)=O)[C@H](OC(C)=O)[C@@H]1C1SCCCS1. The van der Waals surface area contributed by atoms with Gasteiger partial charge in [-0.3, -0.25) is 14.4 Å². The summed E-state index contributed by atoms with van der Waals surface area (Å²) in [7, 11) is 0. The summed E-state index contributed by atoms with van der Waals surface area (Å²) in [5.41, 5.74) is 0. The van der Waals surface area contributed by atoms with Crippen LogP contribution in [0.15, 0.2) is 0 Å². The van der Waals surface area contributed by atoms with E-state index in [2.05, 4.69) is 0 Å². The van der Waals surface area contributed by atoms with E-state index < -0.39 is 36.4 Å². The molecule has 0 aromatic carbocycles. The number of hydrogen-bond acceptors (Lipinski definition) is 9. The van der Waals surface area contributed by atoms with Crippen molar-refractivity contribution in [2.75, 3.05) is 18.1 Å². The fourth-order valence-corrected chi connectivity index (χ4v) is 6.06. The Labute approximate surface area is 149 Å². The number of hydrogen-bond donors (Lipinski definition) is 0. The lowest BCUT2D eigenvalue weighted by atomic mass is 10.0. The molecule has 7 nitrogen and oxygen atoms in total. The quantitative estimate of drug-likeness (QED) is 0.522. The highest BCUT2D eigenvalue weighted by Gasteiger charge is 2.52. The zero-order valence-corrected chi connectivity index (χ0v) is 15.5. The number of rotatable bonds is 5. The van der Waals surface area contributed by atoms with Gasteiger partial charge in [0.2, 0.25) is 6.29 Å². The molecule has 0 bridgehead atoms. The summed E-state index contributed by atoms with van der Waals surface area (Å²) in [6, 6.07) is 0. The Bertz CT molecular complexity index is 478. The molecule has 2 aliphatic rings. The van der Waals surface area contributed by atoms with Gasteiger partial charge in [0.05, 0.1) is 10.5 Å². The van der Waals surface area contributed by atoms with E-state index in [1.807, 2.05) is 0 Å². The van der Waals surface area contributed by atoms with Gasteiger partial charge in [-0.1, -0.05) is 0 Å². The van der Waals surface area contributed by atoms with E-state index in [-0.39, 0.29) is 17.1 Å². The number of carbonyl (C=O) groups excluding carboxylic acids is 3. The van der Waals surface area contributed by atoms with Crippen molar-refractivity contribution in [3.63, 3.8) is 0 Å². The molecular weight excluding hydrogens is 356 g/mol. The zero-order chi connectivity index (χ0) is 17.7. The maximum Gasteiger partial charge on any atom is 0.305 e. The zero-order valence-electron chi connectivity index (χ0n) is 13.9. The van der Waals surface area contributed by atoms with E-state index in [4.69, 9.17) is 18.9 Å². The third-order valence-electron chi connectivity index (χ3n) is 3.59. The fourth-order valence-electron chi connectivity index (χ4n) is 2.73. The Morgan fingerprint density at radius 2 is 1.62 bits per heavy atom. The van der Waals surface area contributed by atoms with Gasteiger partial charge in [-0.25, -0.2) is 0 Å². The fraction of sp³-hybridized carbons (Fsp3) is 0.800. The predicted molar refractivity (Wildman–Crippen MR) is 89.4 cm³/mol. The molecule has 2 aliphatic heterocycles. The van der Waals surface area contributed by atoms with Crippen LogP contribution in [0.2, 0.25) is 0 Å². The molecule has 0 aromatic heterocycles. The molecule has 9 heteroatoms. The van der Waals surface area contributed by atoms with Gasteiger partial charge >= 0.3 is 17.9 Å². The second kappa shape index (κ2) is 8.96. The summed E-state index contributed by atoms with van der Waals surface area (Å²) in [6.45, 7) is 3.93. The number of carbonyl (C=O) groups is 3. The molecule has 0 spiro atoms. The van der Waals surface area contributed by atoms with Gasteiger partial charge in [0.1, 0.15) is 12.7 Å². The smallest absolute Gasteiger partial charge is 0.305 e. The van der Waals surface area contributed by atoms with Crippen molar-refractivity contribution >= 4 is 41.4 Å². The minimum atomic E-state index is -0.986. The average molecular weight is 378 g/mol. The molecule has 136 valence electrons. The second-order valence-electron chi connectivity index (χ2n) is 5.57. The van der Waals surface area contributed by atoms with Gasteiger partial charge in [-0.15, -0.1) is 23.5 Å². The Morgan fingerprint density at radius 3 is 2.17 bits per heavy atom. The maximum atomic E-state index is 11.5. The molecule has 0 N–H and O–H groups in total. The van der Waals surface area contributed by atoms with Crippen LogP contribution in [-0.2, 0) is 33.3 Å². The van der Waals surface area contributed by atoms with Crippen molar-refractivity contribution in [1.29, 1.82) is 0 Å². The maximum absolute atomic E-state index is 11.5. The molecule has 2 rings (SSSR count). The normalized spacial score (nSPS) is 30.6. The summed E-state index contributed by atoms with van der Waals surface area (Å²) in [5.74, 6) is 0.366. The van der Waals surface area contributed by atoms with Crippen LogP contribution in [0.25, 0.3) is 0 Å². The van der Waals surface area contributed by atoms with Gasteiger partial charge in [0.15, 0.2) is 6.10 Å². The molecule has 2 fully saturated rings. The number of esters is 3. The predicted octanol–water partition coefficient (Wildman–Crippen LogP) is 1.58. The minimum Gasteiger partial charge on any atom is -0.463 e. The molecule has 0 saturated carbocycles. The Kier molecular flexibility index (Phi) is 7.24. The first-order chi connectivity index (χ1) is 11.4. The highest BCUT2D eigenvalue weighted by molar-refractivity contribution is 8.17. The topological polar surface area (TPSA) is 88.1 Å². The van der Waals surface area contributed by atoms with Crippen molar-refractivity contribution in [2.24, 2.45) is 5.92 Å². The summed E-state index contributed by atoms with van der Waals surface area (Å²) >= 11 is 3.52. The van der Waals surface area contributed by atoms with E-state index >= 15 is 0 Å². The van der Waals surface area contributed by atoms with E-state index in [9.17, 15) is 14.4 Å². The highest BCUT2D eigenvalue weighted by Crippen LogP contribution is 2.45. The van der Waals surface area contributed by atoms with Gasteiger partial charge < -0.3 is 18.9 Å². The van der Waals surface area contributed by atoms with Crippen LogP contribution >= 0.6 is 23.5 Å². The van der Waals surface area contributed by atoms with Gasteiger partial charge in [-0.05, 0) is 17.9 Å².